The molecule has 0 aromatic rings. The van der Waals surface area contributed by atoms with E-state index in [2.05, 4.69) is 0 Å². The lowest BCUT2D eigenvalue weighted by atomic mass is 9.70. The average Bonchev–Trinajstić information content (AvgIpc) is 1.86. The third-order valence-corrected chi connectivity index (χ3v) is 1.99. The van der Waals surface area contributed by atoms with Crippen molar-refractivity contribution in [2.45, 2.75) is 23.8 Å². The summed E-state index contributed by atoms with van der Waals surface area (Å²) in [4.78, 5) is 0. The summed E-state index contributed by atoms with van der Waals surface area (Å²) in [5, 5.41) is 0. The topological polar surface area (TPSA) is 52.0 Å². The highest BCUT2D eigenvalue weighted by Crippen LogP contribution is 2.55. The van der Waals surface area contributed by atoms with E-state index in [-0.39, 0.29) is 0 Å². The van der Waals surface area contributed by atoms with Crippen molar-refractivity contribution in [1.82, 2.24) is 0 Å². The molecule has 6 heteroatoms. The van der Waals surface area contributed by atoms with Crippen LogP contribution in [0.25, 0.3) is 0 Å². The molecular formula is C5H8F4N2. The van der Waals surface area contributed by atoms with E-state index in [1.165, 1.54) is 0 Å². The van der Waals surface area contributed by atoms with E-state index in [9.17, 15) is 17.6 Å². The van der Waals surface area contributed by atoms with E-state index >= 15 is 0 Å². The monoisotopic (exact) mass is 172 g/mol. The van der Waals surface area contributed by atoms with Crippen molar-refractivity contribution in [3.63, 3.8) is 0 Å². The first-order valence-electron chi connectivity index (χ1n) is 3.01. The molecule has 0 bridgehead atoms. The van der Waals surface area contributed by atoms with Crippen molar-refractivity contribution in [3.8, 4) is 0 Å². The van der Waals surface area contributed by atoms with Crippen LogP contribution in [0, 0.1) is 0 Å². The van der Waals surface area contributed by atoms with Crippen LogP contribution in [0.5, 0.6) is 0 Å². The summed E-state index contributed by atoms with van der Waals surface area (Å²) in [6.07, 6.45) is -1.04. The molecule has 0 aromatic heterocycles. The fourth-order valence-corrected chi connectivity index (χ4v) is 1.08. The molecule has 0 heterocycles. The Morgan fingerprint density at radius 2 is 1.64 bits per heavy atom. The number of alkyl halides is 4. The van der Waals surface area contributed by atoms with Crippen molar-refractivity contribution < 1.29 is 17.6 Å². The van der Waals surface area contributed by atoms with Gasteiger partial charge in [-0.15, -0.1) is 0 Å². The Hall–Kier alpha value is -0.360. The first-order chi connectivity index (χ1) is 4.77. The van der Waals surface area contributed by atoms with Crippen molar-refractivity contribution in [2.24, 2.45) is 11.5 Å². The Bertz CT molecular complexity index is 181. The summed E-state index contributed by atoms with van der Waals surface area (Å²) in [6, 6.07) is 0. The van der Waals surface area contributed by atoms with E-state index < -0.39 is 30.3 Å². The van der Waals surface area contributed by atoms with Crippen LogP contribution in [-0.2, 0) is 0 Å². The maximum Gasteiger partial charge on any atom is 0.329 e. The molecule has 2 nitrogen and oxygen atoms in total. The molecule has 0 amide bonds. The van der Waals surface area contributed by atoms with Crippen LogP contribution < -0.4 is 11.5 Å². The molecule has 0 spiro atoms. The lowest BCUT2D eigenvalue weighted by Gasteiger charge is -2.50. The largest absolute Gasteiger partial charge is 0.329 e. The summed E-state index contributed by atoms with van der Waals surface area (Å²) in [6.45, 7) is -0.629. The average molecular weight is 172 g/mol. The van der Waals surface area contributed by atoms with Gasteiger partial charge in [-0.05, 0) is 0 Å². The molecular weight excluding hydrogens is 164 g/mol. The van der Waals surface area contributed by atoms with Crippen molar-refractivity contribution in [1.29, 1.82) is 0 Å². The first-order valence-corrected chi connectivity index (χ1v) is 3.01. The molecule has 11 heavy (non-hydrogen) atoms. The summed E-state index contributed by atoms with van der Waals surface area (Å²) in [7, 11) is 0. The highest BCUT2D eigenvalue weighted by atomic mass is 19.3. The molecule has 1 aliphatic carbocycles. The number of hydrogen-bond donors (Lipinski definition) is 2. The van der Waals surface area contributed by atoms with Gasteiger partial charge in [0.2, 0.25) is 0 Å². The SMILES string of the molecule is NCC1(N)CC(F)(F)C1(F)F. The van der Waals surface area contributed by atoms with E-state index in [0.29, 0.717) is 0 Å². The Labute approximate surface area is 60.5 Å². The number of rotatable bonds is 1. The van der Waals surface area contributed by atoms with Crippen LogP contribution in [0.1, 0.15) is 6.42 Å². The van der Waals surface area contributed by atoms with Gasteiger partial charge >= 0.3 is 11.8 Å². The number of nitrogens with two attached hydrogens (primary N) is 2. The quantitative estimate of drug-likeness (QED) is 0.559. The maximum absolute atomic E-state index is 12.4. The molecule has 0 aromatic carbocycles. The predicted molar refractivity (Wildman–Crippen MR) is 30.5 cm³/mol. The second kappa shape index (κ2) is 1.87. The standard InChI is InChI=1S/C5H8F4N2/c6-4(7)1-3(11,2-10)5(4,8)9/h1-2,10-11H2. The number of halogens is 4. The van der Waals surface area contributed by atoms with Crippen LogP contribution in [-0.4, -0.2) is 23.9 Å². The third-order valence-electron chi connectivity index (χ3n) is 1.99. The summed E-state index contributed by atoms with van der Waals surface area (Å²) < 4.78 is 49.0. The van der Waals surface area contributed by atoms with Gasteiger partial charge in [0.1, 0.15) is 5.54 Å². The predicted octanol–water partition coefficient (Wildman–Crippen LogP) is 0.317. The fourth-order valence-electron chi connectivity index (χ4n) is 1.08. The zero-order valence-corrected chi connectivity index (χ0v) is 5.58. The normalized spacial score (nSPS) is 39.8. The maximum atomic E-state index is 12.4. The van der Waals surface area contributed by atoms with Gasteiger partial charge in [0.05, 0.1) is 0 Å². The Morgan fingerprint density at radius 1 is 1.18 bits per heavy atom. The van der Waals surface area contributed by atoms with Gasteiger partial charge in [0, 0.05) is 13.0 Å². The molecule has 4 N–H and O–H groups in total. The van der Waals surface area contributed by atoms with Gasteiger partial charge in [0.25, 0.3) is 0 Å². The van der Waals surface area contributed by atoms with Crippen LogP contribution in [0.4, 0.5) is 17.6 Å². The fraction of sp³-hybridized carbons (Fsp3) is 1.00. The van der Waals surface area contributed by atoms with Gasteiger partial charge in [-0.1, -0.05) is 0 Å². The molecule has 1 saturated carbocycles. The smallest absolute Gasteiger partial charge is 0.328 e. The van der Waals surface area contributed by atoms with Crippen LogP contribution in [0.3, 0.4) is 0 Å². The van der Waals surface area contributed by atoms with E-state index in [4.69, 9.17) is 11.5 Å². The second-order valence-electron chi connectivity index (χ2n) is 2.82. The van der Waals surface area contributed by atoms with Crippen molar-refractivity contribution >= 4 is 0 Å². The molecule has 0 saturated heterocycles. The van der Waals surface area contributed by atoms with Crippen LogP contribution >= 0.6 is 0 Å². The summed E-state index contributed by atoms with van der Waals surface area (Å²) >= 11 is 0. The lowest BCUT2D eigenvalue weighted by molar-refractivity contribution is -0.319. The van der Waals surface area contributed by atoms with E-state index in [0.717, 1.165) is 0 Å². The summed E-state index contributed by atoms with van der Waals surface area (Å²) in [5.74, 6) is -8.14. The minimum absolute atomic E-state index is 0.629. The lowest BCUT2D eigenvalue weighted by Crippen LogP contribution is -2.78. The Balaban J connectivity index is 2.84. The highest BCUT2D eigenvalue weighted by molar-refractivity contribution is 5.18. The zero-order chi connectivity index (χ0) is 8.91. The Morgan fingerprint density at radius 3 is 1.73 bits per heavy atom. The molecule has 0 radical (unpaired) electrons. The second-order valence-corrected chi connectivity index (χ2v) is 2.82. The molecule has 1 aliphatic rings. The zero-order valence-electron chi connectivity index (χ0n) is 5.58. The van der Waals surface area contributed by atoms with Gasteiger partial charge in [-0.2, -0.15) is 17.6 Å². The van der Waals surface area contributed by atoms with Crippen molar-refractivity contribution in [3.05, 3.63) is 0 Å². The van der Waals surface area contributed by atoms with Gasteiger partial charge in [0.15, 0.2) is 0 Å². The molecule has 1 rings (SSSR count). The highest BCUT2D eigenvalue weighted by Gasteiger charge is 2.78. The van der Waals surface area contributed by atoms with Crippen LogP contribution in [0.2, 0.25) is 0 Å². The van der Waals surface area contributed by atoms with Crippen molar-refractivity contribution in [2.75, 3.05) is 6.54 Å². The minimum atomic E-state index is -4.16. The molecule has 1 atom stereocenters. The van der Waals surface area contributed by atoms with Gasteiger partial charge < -0.3 is 11.5 Å². The number of hydrogen-bond acceptors (Lipinski definition) is 2. The van der Waals surface area contributed by atoms with E-state index in [1.807, 2.05) is 0 Å². The first kappa shape index (κ1) is 8.73. The molecule has 1 unspecified atom stereocenters. The molecule has 0 aliphatic heterocycles. The molecule has 66 valence electrons. The third kappa shape index (κ3) is 0.793. The van der Waals surface area contributed by atoms with E-state index in [1.54, 1.807) is 0 Å². The molecule has 1 fully saturated rings. The minimum Gasteiger partial charge on any atom is -0.328 e. The van der Waals surface area contributed by atoms with Gasteiger partial charge in [-0.25, -0.2) is 0 Å². The summed E-state index contributed by atoms with van der Waals surface area (Å²) in [5.41, 5.74) is 7.52. The van der Waals surface area contributed by atoms with Crippen LogP contribution in [0.15, 0.2) is 0 Å². The Kier molecular flexibility index (Phi) is 1.48. The van der Waals surface area contributed by atoms with Gasteiger partial charge in [-0.3, -0.25) is 0 Å².